The van der Waals surface area contributed by atoms with Gasteiger partial charge in [-0.2, -0.15) is 45.2 Å². The number of anilines is 4. The molecule has 4 aliphatic rings. The molecule has 126 heavy (non-hydrogen) atoms. The summed E-state index contributed by atoms with van der Waals surface area (Å²) in [6, 6.07) is 12.0. The van der Waals surface area contributed by atoms with Gasteiger partial charge in [-0.25, -0.2) is 19.9 Å². The molecule has 47 heteroatoms. The number of ether oxygens (including phenoxy) is 4. The van der Waals surface area contributed by atoms with Crippen LogP contribution in [-0.4, -0.2) is 216 Å². The zero-order valence-corrected chi connectivity index (χ0v) is 70.7. The number of rotatable bonds is 26. The normalized spacial score (nSPS) is 17.0. The first-order valence-corrected chi connectivity index (χ1v) is 43.1. The number of aromatic nitrogens is 26. The molecular weight excluding hydrogens is 1710 g/mol. The van der Waals surface area contributed by atoms with E-state index < -0.39 is 11.9 Å². The molecule has 9 N–H and O–H groups in total. The molecule has 4 amide bonds. The molecule has 648 valence electrons. The quantitative estimate of drug-likeness (QED) is 0.0227. The minimum atomic E-state index is -0.587. The molecule has 16 aromatic rings. The first-order chi connectivity index (χ1) is 61.6. The van der Waals surface area contributed by atoms with E-state index in [0.29, 0.717) is 115 Å². The summed E-state index contributed by atoms with van der Waals surface area (Å²) in [5.74, 6) is -1.50. The number of aromatic amines is 4. The van der Waals surface area contributed by atoms with Crippen LogP contribution in [0.1, 0.15) is 145 Å². The summed E-state index contributed by atoms with van der Waals surface area (Å²) in [5, 5.41) is 87.5. The van der Waals surface area contributed by atoms with E-state index in [9.17, 15) is 23.6 Å². The number of hydrogen-bond acceptors (Lipinski definition) is 33. The Morgan fingerprint density at radius 2 is 0.897 bits per heavy atom. The Labute approximate surface area is 729 Å². The molecule has 17 heterocycles. The van der Waals surface area contributed by atoms with E-state index in [0.717, 1.165) is 73.1 Å². The van der Waals surface area contributed by atoms with Crippen LogP contribution >= 0.6 is 45.3 Å². The zero-order valence-electron chi connectivity index (χ0n) is 67.4. The Hall–Kier alpha value is -14.1. The minimum Gasteiger partial charge on any atom is -0.483 e. The van der Waals surface area contributed by atoms with Crippen molar-refractivity contribution in [3.63, 3.8) is 0 Å². The molecule has 0 spiro atoms. The third-order valence-corrected chi connectivity index (χ3v) is 23.6. The van der Waals surface area contributed by atoms with E-state index in [4.69, 9.17) is 47.9 Å². The van der Waals surface area contributed by atoms with Crippen molar-refractivity contribution in [3.8, 4) is 88.2 Å². The fraction of sp³-hybridized carbons (Fsp3) is 0.304. The Kier molecular flexibility index (Phi) is 27.2. The molecule has 42 nitrogen and oxygen atoms in total. The van der Waals surface area contributed by atoms with Crippen molar-refractivity contribution in [2.75, 3.05) is 47.7 Å². The fourth-order valence-electron chi connectivity index (χ4n) is 13.7. The maximum Gasteiger partial charge on any atom is 0.290 e. The van der Waals surface area contributed by atoms with Crippen LogP contribution in [0.25, 0.3) is 88.2 Å². The number of amides is 4. The van der Waals surface area contributed by atoms with Crippen molar-refractivity contribution in [2.24, 2.45) is 0 Å². The standard InChI is InChI=1S/C22H23N7O2S.C21H20FN7O2S.C18H18N8O3S.C17H16N8O3S.CH2O2/c1-13(2)31-16-7-15(8-16)29-11-18(20(28-29)17-5-3-4-6-23-17)26-21(30)19-12-32-22(27-19)14-9-24-25-10-14;1-2-31-13-7-12(8-13)29-10-16(18(28-29)15-5-3-4-6-23-15)25-20(30)17-11-32-21(26-17)14-9-24-27-19(14)22;1-2-28-12-3-11(4-12)26-7-13(15(25-26)17-24-21-9-29-17)22-16(27)14-8-30-18(23-14)10-5-19-20-6-10;26-15(13-8-29-17(22-13)10-5-18-19-6-10)21-12-7-25(11-1-3-27-4-2-11)24-14(12)16-23-20-9-28-16;2-1-3/h3-6,9-13,15-16H,7-8H2,1-2H3,(H,24,25)(H,26,30);3-6,9-13H,2,7-8H2,1H3,(H,24,27)(H,25,30);5-9,11-12H,2-4H2,1H3,(H,19,20)(H,22,27);5-9,11H,1-4H2,(H,18,19)(H,21,26);1H,(H,2,3). The molecular formula is C79H79FN30O12S4. The van der Waals surface area contributed by atoms with Crippen LogP contribution in [-0.2, 0) is 23.7 Å². The van der Waals surface area contributed by atoms with E-state index in [1.807, 2.05) is 95.2 Å². The lowest BCUT2D eigenvalue weighted by atomic mass is 9.89. The van der Waals surface area contributed by atoms with E-state index in [-0.39, 0.29) is 95.8 Å². The van der Waals surface area contributed by atoms with Crippen molar-refractivity contribution < 1.29 is 61.3 Å². The molecule has 0 atom stereocenters. The number of thiazole rings is 4. The second kappa shape index (κ2) is 40.0. The molecule has 4 fully saturated rings. The van der Waals surface area contributed by atoms with Crippen LogP contribution in [0.5, 0.6) is 0 Å². The summed E-state index contributed by atoms with van der Waals surface area (Å²) in [5.41, 5.74) is 9.42. The van der Waals surface area contributed by atoms with Gasteiger partial charge in [0.05, 0.1) is 113 Å². The number of carboxylic acid groups (broad SMARTS) is 1. The van der Waals surface area contributed by atoms with Crippen molar-refractivity contribution in [3.05, 3.63) is 180 Å². The van der Waals surface area contributed by atoms with Gasteiger partial charge in [-0.3, -0.25) is 73.1 Å². The highest BCUT2D eigenvalue weighted by molar-refractivity contribution is 7.14. The maximum absolute atomic E-state index is 13.7. The number of carbonyl (C=O) groups is 5. The minimum absolute atomic E-state index is 0.183. The molecule has 0 bridgehead atoms. The Bertz CT molecular complexity index is 6200. The summed E-state index contributed by atoms with van der Waals surface area (Å²) in [6.45, 7) is 10.6. The number of pyridine rings is 2. The Balaban J connectivity index is 0.000000122. The first kappa shape index (κ1) is 85.5. The van der Waals surface area contributed by atoms with Crippen molar-refractivity contribution in [1.29, 1.82) is 0 Å². The zero-order chi connectivity index (χ0) is 87.0. The average Bonchev–Trinajstić information content (AvgIpc) is 1.65. The number of nitrogens with zero attached hydrogens (tertiary/aromatic N) is 22. The largest absolute Gasteiger partial charge is 0.483 e. The van der Waals surface area contributed by atoms with Gasteiger partial charge in [0.25, 0.3) is 41.9 Å². The predicted octanol–water partition coefficient (Wildman–Crippen LogP) is 13.0. The van der Waals surface area contributed by atoms with Gasteiger partial charge in [-0.05, 0) is 103 Å². The lowest BCUT2D eigenvalue weighted by molar-refractivity contribution is -0.122. The van der Waals surface area contributed by atoms with Crippen LogP contribution in [0, 0.1) is 5.95 Å². The summed E-state index contributed by atoms with van der Waals surface area (Å²) in [6.07, 6.45) is 32.6. The fourth-order valence-corrected chi connectivity index (χ4v) is 16.8. The van der Waals surface area contributed by atoms with Crippen molar-refractivity contribution >= 4 is 98.2 Å². The molecule has 20 rings (SSSR count). The Morgan fingerprint density at radius 3 is 1.24 bits per heavy atom. The van der Waals surface area contributed by atoms with Gasteiger partial charge in [0.2, 0.25) is 18.7 Å². The summed E-state index contributed by atoms with van der Waals surface area (Å²) < 4.78 is 54.4. The van der Waals surface area contributed by atoms with E-state index in [1.165, 1.54) is 64.3 Å². The topological polar surface area (TPSA) is 532 Å². The second-order valence-electron chi connectivity index (χ2n) is 28.7. The third kappa shape index (κ3) is 20.4. The van der Waals surface area contributed by atoms with Gasteiger partial charge in [-0.1, -0.05) is 12.1 Å². The molecule has 16 aromatic heterocycles. The highest BCUT2D eigenvalue weighted by Crippen LogP contribution is 2.42. The van der Waals surface area contributed by atoms with E-state index >= 15 is 0 Å². The number of halogens is 1. The summed E-state index contributed by atoms with van der Waals surface area (Å²) in [4.78, 5) is 86.1. The third-order valence-electron chi connectivity index (χ3n) is 20.0. The average molecular weight is 1790 g/mol. The smallest absolute Gasteiger partial charge is 0.290 e. The molecule has 0 radical (unpaired) electrons. The number of H-pyrrole nitrogens is 4. The molecule has 0 unspecified atom stereocenters. The highest BCUT2D eigenvalue weighted by Gasteiger charge is 2.37. The van der Waals surface area contributed by atoms with Crippen LogP contribution in [0.2, 0.25) is 0 Å². The Morgan fingerprint density at radius 1 is 0.524 bits per heavy atom. The summed E-state index contributed by atoms with van der Waals surface area (Å²) >= 11 is 5.30. The monoisotopic (exact) mass is 1790 g/mol. The van der Waals surface area contributed by atoms with Gasteiger partial charge in [-0.15, -0.1) is 65.7 Å². The number of hydrogen-bond donors (Lipinski definition) is 9. The maximum atomic E-state index is 13.7. The van der Waals surface area contributed by atoms with E-state index in [1.54, 1.807) is 83.5 Å². The lowest BCUT2D eigenvalue weighted by Crippen LogP contribution is -2.35. The molecule has 1 aliphatic heterocycles. The molecule has 3 aliphatic carbocycles. The molecule has 0 aromatic carbocycles. The first-order valence-electron chi connectivity index (χ1n) is 39.6. The van der Waals surface area contributed by atoms with Crippen LogP contribution in [0.15, 0.2) is 160 Å². The van der Waals surface area contributed by atoms with Gasteiger partial charge in [0, 0.05) is 120 Å². The SMILES string of the molecule is CC(C)OC1CC(n2cc(NC(=O)c3csc(-c4cn[nH]c4)n3)c(-c3ccccn3)n2)C1.CCOC1CC(n2cc(NC(=O)c3csc(-c4cn[nH]c4)n3)c(-c3nnco3)n2)C1.CCOC1CC(n2cc(NC(=O)c3csc(-c4cn[nH]c4F)n3)c(-c3ccccn3)n2)C1.O=C(Nc1cn(C2CCOCC2)nc1-c1nnco1)c1csc(-c2cn[nH]c2)n1.O=CO. The van der Waals surface area contributed by atoms with Gasteiger partial charge in [0.1, 0.15) is 54.2 Å². The van der Waals surface area contributed by atoms with Crippen molar-refractivity contribution in [1.82, 2.24) is 130 Å². The van der Waals surface area contributed by atoms with Crippen LogP contribution in [0.3, 0.4) is 0 Å². The summed E-state index contributed by atoms with van der Waals surface area (Å²) in [7, 11) is 0. The highest BCUT2D eigenvalue weighted by atomic mass is 32.1. The van der Waals surface area contributed by atoms with Crippen molar-refractivity contribution in [2.45, 2.75) is 128 Å². The van der Waals surface area contributed by atoms with Gasteiger partial charge >= 0.3 is 0 Å². The number of nitrogens with one attached hydrogen (secondary N) is 8. The number of carbonyl (C=O) groups excluding carboxylic acids is 4. The van der Waals surface area contributed by atoms with Gasteiger partial charge in [0.15, 0.2) is 11.4 Å². The van der Waals surface area contributed by atoms with Gasteiger partial charge < -0.3 is 54.2 Å². The predicted molar refractivity (Wildman–Crippen MR) is 456 cm³/mol. The second-order valence-corrected chi connectivity index (χ2v) is 32.1. The molecule has 1 saturated heterocycles. The van der Waals surface area contributed by atoms with Crippen LogP contribution in [0.4, 0.5) is 27.1 Å². The van der Waals surface area contributed by atoms with E-state index in [2.05, 4.69) is 123 Å². The lowest BCUT2D eigenvalue weighted by Gasteiger charge is -2.36. The van der Waals surface area contributed by atoms with Crippen LogP contribution < -0.4 is 21.3 Å². The molecule has 3 saturated carbocycles.